The van der Waals surface area contributed by atoms with Crippen molar-refractivity contribution in [1.82, 2.24) is 10.2 Å². The van der Waals surface area contributed by atoms with E-state index < -0.39 is 0 Å². The fourth-order valence-corrected chi connectivity index (χ4v) is 3.84. The van der Waals surface area contributed by atoms with E-state index >= 15 is 0 Å². The summed E-state index contributed by atoms with van der Waals surface area (Å²) in [4.78, 5) is 14.1. The quantitative estimate of drug-likeness (QED) is 0.0713. The average Bonchev–Trinajstić information content (AvgIpc) is 2.89. The first-order valence-corrected chi connectivity index (χ1v) is 10.9. The molecule has 11 nitrogen and oxygen atoms in total. The molecule has 184 valence electrons. The highest BCUT2D eigenvalue weighted by molar-refractivity contribution is 6.28. The zero-order valence-corrected chi connectivity index (χ0v) is 19.4. The zero-order chi connectivity index (χ0) is 26.4. The van der Waals surface area contributed by atoms with Gasteiger partial charge in [0, 0.05) is 37.6 Å². The number of hydrogen-bond acceptors (Lipinski definition) is 9. The summed E-state index contributed by atoms with van der Waals surface area (Å²) >= 11 is 0. The second kappa shape index (κ2) is 10.9. The lowest BCUT2D eigenvalue weighted by Gasteiger charge is -2.29. The molecule has 0 aromatic heterocycles. The third-order valence-corrected chi connectivity index (χ3v) is 5.83. The highest BCUT2D eigenvalue weighted by Gasteiger charge is 2.23. The van der Waals surface area contributed by atoms with E-state index in [9.17, 15) is 15.2 Å². The van der Waals surface area contributed by atoms with Crippen LogP contribution in [0.5, 0.6) is 5.75 Å². The van der Waals surface area contributed by atoms with E-state index in [1.807, 2.05) is 18.2 Å². The maximum Gasteiger partial charge on any atom is 0.257 e. The number of nitriles is 1. The number of nitrogens with zero attached hydrogens (tertiary/aromatic N) is 2. The Morgan fingerprint density at radius 1 is 1.22 bits per heavy atom. The van der Waals surface area contributed by atoms with E-state index in [4.69, 9.17) is 33.4 Å². The second-order valence-electron chi connectivity index (χ2n) is 8.12. The van der Waals surface area contributed by atoms with Crippen molar-refractivity contribution in [3.05, 3.63) is 81.7 Å². The van der Waals surface area contributed by atoms with Gasteiger partial charge in [-0.15, -0.1) is 0 Å². The van der Waals surface area contributed by atoms with Crippen molar-refractivity contribution < 1.29 is 9.90 Å². The van der Waals surface area contributed by atoms with E-state index in [1.54, 1.807) is 11.0 Å². The number of allylic oxidation sites excluding steroid dienone is 1. The van der Waals surface area contributed by atoms with E-state index in [-0.39, 0.29) is 52.3 Å². The van der Waals surface area contributed by atoms with Crippen molar-refractivity contribution in [3.63, 3.8) is 0 Å². The van der Waals surface area contributed by atoms with Crippen molar-refractivity contribution in [2.45, 2.75) is 19.5 Å². The summed E-state index contributed by atoms with van der Waals surface area (Å²) in [6, 6.07) is 11.7. The van der Waals surface area contributed by atoms with Gasteiger partial charge in [0.05, 0.1) is 22.5 Å². The number of carbonyl (C=O) groups excluding carboxylic acids is 1. The number of amidine groups is 1. The normalized spacial score (nSPS) is 13.6. The molecule has 2 aromatic rings. The minimum Gasteiger partial charge on any atom is -0.506 e. The van der Waals surface area contributed by atoms with Gasteiger partial charge in [-0.2, -0.15) is 5.26 Å². The second-order valence-corrected chi connectivity index (χ2v) is 8.12. The molecule has 11 N–H and O–H groups in total. The minimum absolute atomic E-state index is 0.0639. The molecule has 2 aromatic carbocycles. The lowest BCUT2D eigenvalue weighted by Crippen LogP contribution is -2.37. The van der Waals surface area contributed by atoms with Gasteiger partial charge in [-0.05, 0) is 41.3 Å². The van der Waals surface area contributed by atoms with Crippen molar-refractivity contribution in [2.75, 3.05) is 12.3 Å². The molecule has 0 fully saturated rings. The third-order valence-electron chi connectivity index (χ3n) is 5.83. The Bertz CT molecular complexity index is 1350. The number of nitrogens with two attached hydrogens (primary N) is 3. The number of fused-ring (bicyclic) bond motifs is 1. The summed E-state index contributed by atoms with van der Waals surface area (Å²) in [5, 5.41) is 46.1. The third kappa shape index (κ3) is 5.34. The summed E-state index contributed by atoms with van der Waals surface area (Å²) in [6.45, 7) is 1.14. The van der Waals surface area contributed by atoms with E-state index in [0.717, 1.165) is 29.1 Å². The fourth-order valence-electron chi connectivity index (χ4n) is 3.84. The Labute approximate surface area is 208 Å². The van der Waals surface area contributed by atoms with Crippen LogP contribution in [-0.4, -0.2) is 40.2 Å². The lowest BCUT2D eigenvalue weighted by atomic mass is 9.96. The summed E-state index contributed by atoms with van der Waals surface area (Å²) in [6.07, 6.45) is 2.70. The molecule has 0 aliphatic carbocycles. The molecule has 1 aliphatic rings. The topological polar surface area (TPSA) is 226 Å². The van der Waals surface area contributed by atoms with Crippen molar-refractivity contribution >= 4 is 29.4 Å². The van der Waals surface area contributed by atoms with Crippen LogP contribution >= 0.6 is 0 Å². The summed E-state index contributed by atoms with van der Waals surface area (Å²) < 4.78 is 0. The lowest BCUT2D eigenvalue weighted by molar-refractivity contribution is -0.127. The molecule has 0 spiro atoms. The average molecular weight is 486 g/mol. The van der Waals surface area contributed by atoms with Crippen LogP contribution in [0.15, 0.2) is 59.4 Å². The molecule has 3 rings (SSSR count). The molecule has 0 saturated heterocycles. The van der Waals surface area contributed by atoms with Crippen LogP contribution in [-0.2, 0) is 24.3 Å². The predicted molar refractivity (Wildman–Crippen MR) is 137 cm³/mol. The number of phenolic OH excluding ortho intramolecular Hbond substituents is 1. The van der Waals surface area contributed by atoms with Gasteiger partial charge in [-0.1, -0.05) is 18.2 Å². The van der Waals surface area contributed by atoms with Gasteiger partial charge in [0.1, 0.15) is 23.4 Å². The number of anilines is 1. The first-order valence-electron chi connectivity index (χ1n) is 10.9. The van der Waals surface area contributed by atoms with Crippen LogP contribution in [0, 0.1) is 27.6 Å². The number of rotatable bonds is 7. The van der Waals surface area contributed by atoms with Crippen LogP contribution in [0.1, 0.15) is 22.3 Å². The zero-order valence-electron chi connectivity index (χ0n) is 19.4. The van der Waals surface area contributed by atoms with Gasteiger partial charge >= 0.3 is 0 Å². The maximum atomic E-state index is 12.5. The van der Waals surface area contributed by atoms with Gasteiger partial charge < -0.3 is 37.9 Å². The minimum atomic E-state index is -0.296. The Hall–Kier alpha value is -5.11. The molecule has 0 radical (unpaired) electrons. The Morgan fingerprint density at radius 3 is 2.61 bits per heavy atom. The highest BCUT2D eigenvalue weighted by atomic mass is 16.3. The number of phenols is 1. The number of nitrogens with one attached hydrogen (secondary N) is 4. The summed E-state index contributed by atoms with van der Waals surface area (Å²) in [5.41, 5.74) is 19.8. The predicted octanol–water partition coefficient (Wildman–Crippen LogP) is 1.22. The van der Waals surface area contributed by atoms with Crippen LogP contribution in [0.3, 0.4) is 0 Å². The van der Waals surface area contributed by atoms with Gasteiger partial charge in [0.25, 0.3) is 5.91 Å². The van der Waals surface area contributed by atoms with Gasteiger partial charge in [0.15, 0.2) is 0 Å². The molecular formula is C25H27N9O2. The van der Waals surface area contributed by atoms with Gasteiger partial charge in [0.2, 0.25) is 0 Å². The van der Waals surface area contributed by atoms with Crippen LogP contribution in [0.2, 0.25) is 0 Å². The Morgan fingerprint density at radius 2 is 1.97 bits per heavy atom. The van der Waals surface area contributed by atoms with Gasteiger partial charge in [-0.3, -0.25) is 15.6 Å². The molecule has 0 bridgehead atoms. The fraction of sp³-hybridized carbons (Fsp3) is 0.160. The Kier molecular flexibility index (Phi) is 7.71. The van der Waals surface area contributed by atoms with Crippen molar-refractivity contribution in [3.8, 4) is 11.8 Å². The molecule has 1 heterocycles. The first-order chi connectivity index (χ1) is 17.2. The molecule has 1 amide bonds. The SMILES string of the molecule is N#C/C(N)=C(\C(=N)NCc1ccc2c(c1)CCN(C(=O)/C(C=N)=C/N)C2)C(=N)c1ccc(O)c(N)c1. The van der Waals surface area contributed by atoms with E-state index in [2.05, 4.69) is 5.32 Å². The molecular weight excluding hydrogens is 458 g/mol. The van der Waals surface area contributed by atoms with E-state index in [1.165, 1.54) is 18.2 Å². The van der Waals surface area contributed by atoms with Crippen LogP contribution in [0.25, 0.3) is 0 Å². The van der Waals surface area contributed by atoms with Crippen molar-refractivity contribution in [1.29, 1.82) is 21.5 Å². The van der Waals surface area contributed by atoms with Crippen LogP contribution < -0.4 is 22.5 Å². The highest BCUT2D eigenvalue weighted by Crippen LogP contribution is 2.24. The summed E-state index contributed by atoms with van der Waals surface area (Å²) in [5.74, 6) is -0.623. The standard InChI is InChI=1S/C25H27N9O2/c26-9-18(10-27)25(36)34-6-5-15-7-14(1-2-17(15)13-34)12-33-24(32)22(20(30)11-28)23(31)16-3-4-21(35)19(29)8-16/h1-4,7-10,26,31,35H,5-6,12-13,27,29-30H2,(H2,32,33)/b18-10+,22-20+,26-9?,31-23?. The number of nitrogen functional groups attached to an aromatic ring is 1. The number of amides is 1. The molecule has 0 saturated carbocycles. The number of carbonyl (C=O) groups is 1. The molecule has 0 atom stereocenters. The molecule has 0 unspecified atom stereocenters. The Balaban J connectivity index is 1.73. The van der Waals surface area contributed by atoms with Gasteiger partial charge in [-0.25, -0.2) is 0 Å². The number of hydrogen-bond donors (Lipinski definition) is 8. The molecule has 11 heteroatoms. The molecule has 36 heavy (non-hydrogen) atoms. The van der Waals surface area contributed by atoms with Crippen LogP contribution in [0.4, 0.5) is 5.69 Å². The smallest absolute Gasteiger partial charge is 0.257 e. The largest absolute Gasteiger partial charge is 0.506 e. The molecule has 1 aliphatic heterocycles. The number of benzene rings is 2. The summed E-state index contributed by atoms with van der Waals surface area (Å²) in [7, 11) is 0. The van der Waals surface area contributed by atoms with E-state index in [0.29, 0.717) is 25.1 Å². The first kappa shape index (κ1) is 25.5. The van der Waals surface area contributed by atoms with Crippen molar-refractivity contribution in [2.24, 2.45) is 11.5 Å². The number of aromatic hydroxyl groups is 1. The monoisotopic (exact) mass is 485 g/mol. The maximum absolute atomic E-state index is 12.5.